The summed E-state index contributed by atoms with van der Waals surface area (Å²) >= 11 is 0. The van der Waals surface area contributed by atoms with E-state index in [1.54, 1.807) is 12.1 Å². The van der Waals surface area contributed by atoms with Crippen LogP contribution in [0.2, 0.25) is 0 Å². The second kappa shape index (κ2) is 5.38. The van der Waals surface area contributed by atoms with Crippen LogP contribution in [0.4, 0.5) is 17.2 Å². The summed E-state index contributed by atoms with van der Waals surface area (Å²) in [5.41, 5.74) is 6.97. The Morgan fingerprint density at radius 2 is 1.80 bits per heavy atom. The third kappa shape index (κ3) is 3.18. The average molecular weight is 292 g/mol. The van der Waals surface area contributed by atoms with Crippen molar-refractivity contribution in [2.45, 2.75) is 4.90 Å². The van der Waals surface area contributed by atoms with Gasteiger partial charge in [-0.2, -0.15) is 0 Å². The van der Waals surface area contributed by atoms with Crippen LogP contribution in [0.5, 0.6) is 0 Å². The molecule has 0 aliphatic carbocycles. The smallest absolute Gasteiger partial charge is 0.262 e. The number of sulfonamides is 1. The highest BCUT2D eigenvalue weighted by Crippen LogP contribution is 2.19. The van der Waals surface area contributed by atoms with Gasteiger partial charge in [0.15, 0.2) is 0 Å². The zero-order valence-corrected chi connectivity index (χ0v) is 12.1. The first kappa shape index (κ1) is 14.1. The first-order valence-corrected chi connectivity index (χ1v) is 7.38. The molecule has 20 heavy (non-hydrogen) atoms. The van der Waals surface area contributed by atoms with E-state index in [2.05, 4.69) is 9.71 Å². The lowest BCUT2D eigenvalue weighted by atomic mass is 10.3. The predicted octanol–water partition coefficient (Wildman–Crippen LogP) is 1.53. The van der Waals surface area contributed by atoms with Gasteiger partial charge in [-0.25, -0.2) is 13.4 Å². The summed E-state index contributed by atoms with van der Waals surface area (Å²) in [7, 11) is 0.179. The molecule has 7 heteroatoms. The lowest BCUT2D eigenvalue weighted by Crippen LogP contribution is -2.14. The van der Waals surface area contributed by atoms with Gasteiger partial charge in [0.25, 0.3) is 10.0 Å². The summed E-state index contributed by atoms with van der Waals surface area (Å²) in [5, 5.41) is 0. The Bertz CT molecular complexity index is 697. The number of nitrogens with zero attached hydrogens (tertiary/aromatic N) is 2. The molecule has 0 aliphatic rings. The van der Waals surface area contributed by atoms with Gasteiger partial charge in [0.1, 0.15) is 5.82 Å². The van der Waals surface area contributed by atoms with E-state index < -0.39 is 10.0 Å². The number of hydrogen-bond donors (Lipinski definition) is 2. The highest BCUT2D eigenvalue weighted by Gasteiger charge is 2.14. The fourth-order valence-corrected chi connectivity index (χ4v) is 2.72. The maximum absolute atomic E-state index is 12.2. The van der Waals surface area contributed by atoms with Gasteiger partial charge in [-0.15, -0.1) is 0 Å². The second-order valence-corrected chi connectivity index (χ2v) is 6.15. The molecule has 0 bridgehead atoms. The van der Waals surface area contributed by atoms with Crippen LogP contribution in [0.15, 0.2) is 47.5 Å². The van der Waals surface area contributed by atoms with Crippen LogP contribution >= 0.6 is 0 Å². The molecular formula is C13H16N4O2S. The molecule has 0 unspecified atom stereocenters. The molecule has 106 valence electrons. The van der Waals surface area contributed by atoms with Crippen molar-refractivity contribution in [3.05, 3.63) is 42.6 Å². The molecule has 0 amide bonds. The van der Waals surface area contributed by atoms with Crippen molar-refractivity contribution < 1.29 is 8.42 Å². The van der Waals surface area contributed by atoms with Crippen LogP contribution in [0.3, 0.4) is 0 Å². The monoisotopic (exact) mass is 292 g/mol. The van der Waals surface area contributed by atoms with E-state index in [0.29, 0.717) is 5.69 Å². The minimum atomic E-state index is -3.65. The number of anilines is 3. The largest absolute Gasteiger partial charge is 0.384 e. The molecule has 2 rings (SSSR count). The van der Waals surface area contributed by atoms with Crippen molar-refractivity contribution in [2.24, 2.45) is 0 Å². The van der Waals surface area contributed by atoms with Gasteiger partial charge in [0.05, 0.1) is 4.90 Å². The molecule has 0 atom stereocenters. The number of nitrogen functional groups attached to an aromatic ring is 1. The second-order valence-electron chi connectivity index (χ2n) is 4.46. The zero-order chi connectivity index (χ0) is 14.8. The molecule has 0 fully saturated rings. The molecule has 2 aromatic rings. The Morgan fingerprint density at radius 1 is 1.15 bits per heavy atom. The number of benzene rings is 1. The molecule has 1 heterocycles. The van der Waals surface area contributed by atoms with Crippen molar-refractivity contribution in [1.29, 1.82) is 0 Å². The van der Waals surface area contributed by atoms with E-state index in [-0.39, 0.29) is 10.7 Å². The van der Waals surface area contributed by atoms with Crippen LogP contribution in [0, 0.1) is 0 Å². The van der Waals surface area contributed by atoms with E-state index in [0.717, 1.165) is 5.69 Å². The first-order chi connectivity index (χ1) is 9.38. The van der Waals surface area contributed by atoms with Gasteiger partial charge in [0.2, 0.25) is 0 Å². The molecular weight excluding hydrogens is 276 g/mol. The van der Waals surface area contributed by atoms with Crippen molar-refractivity contribution in [1.82, 2.24) is 4.98 Å². The number of nitrogens with two attached hydrogens (primary N) is 1. The normalized spacial score (nSPS) is 11.1. The molecule has 0 spiro atoms. The minimum absolute atomic E-state index is 0.0849. The SMILES string of the molecule is CN(C)c1ccc(NS(=O)(=O)c2ccnc(N)c2)cc1. The van der Waals surface area contributed by atoms with Crippen LogP contribution in [0.25, 0.3) is 0 Å². The third-order valence-electron chi connectivity index (χ3n) is 2.70. The van der Waals surface area contributed by atoms with Gasteiger partial charge >= 0.3 is 0 Å². The summed E-state index contributed by atoms with van der Waals surface area (Å²) in [6, 6.07) is 9.79. The number of aromatic nitrogens is 1. The summed E-state index contributed by atoms with van der Waals surface area (Å²) in [5.74, 6) is 0.163. The molecule has 0 aliphatic heterocycles. The van der Waals surface area contributed by atoms with Crippen molar-refractivity contribution in [3.63, 3.8) is 0 Å². The number of pyridine rings is 1. The van der Waals surface area contributed by atoms with Gasteiger partial charge in [0, 0.05) is 37.7 Å². The number of rotatable bonds is 4. The average Bonchev–Trinajstić information content (AvgIpc) is 2.39. The lowest BCUT2D eigenvalue weighted by molar-refractivity contribution is 0.601. The fraction of sp³-hybridized carbons (Fsp3) is 0.154. The maximum atomic E-state index is 12.2. The van der Waals surface area contributed by atoms with Crippen LogP contribution < -0.4 is 15.4 Å². The number of hydrogen-bond acceptors (Lipinski definition) is 5. The Kier molecular flexibility index (Phi) is 3.80. The van der Waals surface area contributed by atoms with Crippen molar-refractivity contribution >= 4 is 27.2 Å². The van der Waals surface area contributed by atoms with E-state index in [4.69, 9.17) is 5.73 Å². The van der Waals surface area contributed by atoms with Gasteiger partial charge in [-0.1, -0.05) is 0 Å². The molecule has 0 radical (unpaired) electrons. The molecule has 6 nitrogen and oxygen atoms in total. The summed E-state index contributed by atoms with van der Waals surface area (Å²) < 4.78 is 26.8. The molecule has 1 aromatic carbocycles. The molecule has 0 saturated carbocycles. The van der Waals surface area contributed by atoms with E-state index in [1.165, 1.54) is 18.3 Å². The first-order valence-electron chi connectivity index (χ1n) is 5.90. The topological polar surface area (TPSA) is 88.3 Å². The van der Waals surface area contributed by atoms with Crippen molar-refractivity contribution in [3.8, 4) is 0 Å². The highest BCUT2D eigenvalue weighted by atomic mass is 32.2. The lowest BCUT2D eigenvalue weighted by Gasteiger charge is -2.13. The summed E-state index contributed by atoms with van der Waals surface area (Å²) in [6.45, 7) is 0. The maximum Gasteiger partial charge on any atom is 0.262 e. The van der Waals surface area contributed by atoms with E-state index in [9.17, 15) is 8.42 Å². The molecule has 1 aromatic heterocycles. The minimum Gasteiger partial charge on any atom is -0.384 e. The van der Waals surface area contributed by atoms with Crippen LogP contribution in [0.1, 0.15) is 0 Å². The third-order valence-corrected chi connectivity index (χ3v) is 4.08. The van der Waals surface area contributed by atoms with Crippen LogP contribution in [-0.2, 0) is 10.0 Å². The Hall–Kier alpha value is -2.28. The van der Waals surface area contributed by atoms with Gasteiger partial charge < -0.3 is 10.6 Å². The summed E-state index contributed by atoms with van der Waals surface area (Å²) in [4.78, 5) is 5.79. The van der Waals surface area contributed by atoms with E-state index in [1.807, 2.05) is 31.1 Å². The fourth-order valence-electron chi connectivity index (χ4n) is 1.64. The Balaban J connectivity index is 2.24. The van der Waals surface area contributed by atoms with Crippen LogP contribution in [-0.4, -0.2) is 27.5 Å². The highest BCUT2D eigenvalue weighted by molar-refractivity contribution is 7.92. The van der Waals surface area contributed by atoms with Gasteiger partial charge in [-0.05, 0) is 30.3 Å². The molecule has 3 N–H and O–H groups in total. The van der Waals surface area contributed by atoms with Gasteiger partial charge in [-0.3, -0.25) is 4.72 Å². The predicted molar refractivity (Wildman–Crippen MR) is 80.2 cm³/mol. The Labute approximate surface area is 118 Å². The standard InChI is InChI=1S/C13H16N4O2S/c1-17(2)11-5-3-10(4-6-11)16-20(18,19)12-7-8-15-13(14)9-12/h3-9,16H,1-2H3,(H2,14,15). The quantitative estimate of drug-likeness (QED) is 0.892. The summed E-state index contributed by atoms with van der Waals surface area (Å²) in [6.07, 6.45) is 1.36. The zero-order valence-electron chi connectivity index (χ0n) is 11.2. The molecule has 0 saturated heterocycles. The number of nitrogens with one attached hydrogen (secondary N) is 1. The van der Waals surface area contributed by atoms with Crippen molar-refractivity contribution in [2.75, 3.05) is 29.5 Å². The van der Waals surface area contributed by atoms with E-state index >= 15 is 0 Å². The Morgan fingerprint density at radius 3 is 2.35 bits per heavy atom.